The molecule has 0 radical (unpaired) electrons. The van der Waals surface area contributed by atoms with Crippen LogP contribution in [0.25, 0.3) is 11.0 Å². The largest absolute Gasteiger partial charge is 0.497 e. The van der Waals surface area contributed by atoms with Crippen LogP contribution >= 0.6 is 11.8 Å². The van der Waals surface area contributed by atoms with Gasteiger partial charge in [-0.15, -0.1) is 0 Å². The number of thioether (sulfide) groups is 1. The standard InChI is InChI=1S/C18H17F2N3O3S/c1-25-11-7-8-13(15(9-11)26-2)21-16(24)10-23-14-6-4-3-5-12(14)22-18(23)27-17(19)20/h3-9,17H,10H2,1-2H3,(H,21,24). The molecule has 1 aromatic heterocycles. The van der Waals surface area contributed by atoms with Crippen LogP contribution in [0.15, 0.2) is 47.6 Å². The van der Waals surface area contributed by atoms with E-state index in [1.165, 1.54) is 18.8 Å². The average Bonchev–Trinajstić information content (AvgIpc) is 2.98. The zero-order valence-electron chi connectivity index (χ0n) is 14.6. The number of hydrogen-bond donors (Lipinski definition) is 1. The Bertz CT molecular complexity index is 962. The highest BCUT2D eigenvalue weighted by Gasteiger charge is 2.18. The molecule has 1 amide bonds. The van der Waals surface area contributed by atoms with E-state index in [4.69, 9.17) is 9.47 Å². The SMILES string of the molecule is COc1ccc(NC(=O)Cn2c(SC(F)F)nc3ccccc32)c(OC)c1. The summed E-state index contributed by atoms with van der Waals surface area (Å²) in [5, 5.41) is 2.82. The second kappa shape index (κ2) is 8.26. The van der Waals surface area contributed by atoms with Crippen LogP contribution in [0.4, 0.5) is 14.5 Å². The molecule has 27 heavy (non-hydrogen) atoms. The molecule has 9 heteroatoms. The Labute approximate surface area is 158 Å². The number of carbonyl (C=O) groups excluding carboxylic acids is 1. The fraction of sp³-hybridized carbons (Fsp3) is 0.222. The summed E-state index contributed by atoms with van der Waals surface area (Å²) < 4.78 is 37.6. The Morgan fingerprint density at radius 3 is 2.70 bits per heavy atom. The minimum Gasteiger partial charge on any atom is -0.497 e. The molecule has 0 spiro atoms. The van der Waals surface area contributed by atoms with Gasteiger partial charge in [0, 0.05) is 6.07 Å². The maximum atomic E-state index is 12.9. The van der Waals surface area contributed by atoms with Gasteiger partial charge in [0.25, 0.3) is 5.76 Å². The number of amides is 1. The molecule has 1 heterocycles. The number of halogens is 2. The highest BCUT2D eigenvalue weighted by Crippen LogP contribution is 2.30. The molecule has 2 aromatic carbocycles. The van der Waals surface area contributed by atoms with Crippen molar-refractivity contribution < 1.29 is 23.0 Å². The summed E-state index contributed by atoms with van der Waals surface area (Å²) in [5.74, 6) is -2.01. The first-order valence-corrected chi connectivity index (χ1v) is 8.81. The van der Waals surface area contributed by atoms with Gasteiger partial charge in [-0.05, 0) is 36.0 Å². The van der Waals surface area contributed by atoms with E-state index < -0.39 is 11.7 Å². The number of aromatic nitrogens is 2. The van der Waals surface area contributed by atoms with E-state index in [0.29, 0.717) is 40.0 Å². The van der Waals surface area contributed by atoms with Gasteiger partial charge >= 0.3 is 0 Å². The minimum absolute atomic E-state index is 0.0862. The predicted molar refractivity (Wildman–Crippen MR) is 99.8 cm³/mol. The van der Waals surface area contributed by atoms with Crippen molar-refractivity contribution in [3.8, 4) is 11.5 Å². The Morgan fingerprint density at radius 1 is 1.22 bits per heavy atom. The van der Waals surface area contributed by atoms with Gasteiger partial charge in [0.2, 0.25) is 5.91 Å². The van der Waals surface area contributed by atoms with Crippen molar-refractivity contribution in [3.05, 3.63) is 42.5 Å². The minimum atomic E-state index is -2.63. The number of rotatable bonds is 7. The summed E-state index contributed by atoms with van der Waals surface area (Å²) in [5.41, 5.74) is 1.61. The quantitative estimate of drug-likeness (QED) is 0.615. The molecule has 0 aliphatic carbocycles. The van der Waals surface area contributed by atoms with Crippen molar-refractivity contribution in [1.82, 2.24) is 9.55 Å². The number of methoxy groups -OCH3 is 2. The molecule has 3 aromatic rings. The normalized spacial score (nSPS) is 11.0. The van der Waals surface area contributed by atoms with Crippen molar-refractivity contribution in [2.45, 2.75) is 17.5 Å². The lowest BCUT2D eigenvalue weighted by molar-refractivity contribution is -0.116. The van der Waals surface area contributed by atoms with E-state index in [1.807, 2.05) is 0 Å². The summed E-state index contributed by atoms with van der Waals surface area (Å²) in [6.45, 7) is -0.162. The van der Waals surface area contributed by atoms with Crippen LogP contribution in [-0.2, 0) is 11.3 Å². The van der Waals surface area contributed by atoms with Gasteiger partial charge in [-0.1, -0.05) is 12.1 Å². The number of benzene rings is 2. The topological polar surface area (TPSA) is 65.4 Å². The zero-order valence-corrected chi connectivity index (χ0v) is 15.4. The first-order valence-electron chi connectivity index (χ1n) is 7.93. The van der Waals surface area contributed by atoms with Crippen LogP contribution in [0.1, 0.15) is 0 Å². The lowest BCUT2D eigenvalue weighted by atomic mass is 10.2. The van der Waals surface area contributed by atoms with E-state index in [1.54, 1.807) is 42.5 Å². The summed E-state index contributed by atoms with van der Waals surface area (Å²) in [6.07, 6.45) is 0. The molecule has 0 bridgehead atoms. The van der Waals surface area contributed by atoms with Crippen molar-refractivity contribution in [2.75, 3.05) is 19.5 Å². The van der Waals surface area contributed by atoms with Crippen LogP contribution in [0.3, 0.4) is 0 Å². The molecule has 0 aliphatic rings. The molecular weight excluding hydrogens is 376 g/mol. The molecule has 142 valence electrons. The van der Waals surface area contributed by atoms with Crippen molar-refractivity contribution in [3.63, 3.8) is 0 Å². The third kappa shape index (κ3) is 4.30. The van der Waals surface area contributed by atoms with Gasteiger partial charge in [0.05, 0.1) is 30.9 Å². The molecule has 0 saturated carbocycles. The van der Waals surface area contributed by atoms with Crippen molar-refractivity contribution >= 4 is 34.4 Å². The van der Waals surface area contributed by atoms with Crippen LogP contribution in [0.2, 0.25) is 0 Å². The highest BCUT2D eigenvalue weighted by molar-refractivity contribution is 7.99. The summed E-state index contributed by atoms with van der Waals surface area (Å²) in [4.78, 5) is 16.7. The van der Waals surface area contributed by atoms with Gasteiger partial charge in [0.1, 0.15) is 18.0 Å². The fourth-order valence-corrected chi connectivity index (χ4v) is 3.21. The molecule has 3 rings (SSSR count). The number of imidazole rings is 1. The Morgan fingerprint density at radius 2 is 2.00 bits per heavy atom. The van der Waals surface area contributed by atoms with Gasteiger partial charge in [-0.2, -0.15) is 8.78 Å². The van der Waals surface area contributed by atoms with E-state index in [0.717, 1.165) is 0 Å². The molecular formula is C18H17F2N3O3S. The number of carbonyl (C=O) groups is 1. The van der Waals surface area contributed by atoms with Crippen LogP contribution < -0.4 is 14.8 Å². The van der Waals surface area contributed by atoms with Crippen molar-refractivity contribution in [1.29, 1.82) is 0 Å². The average molecular weight is 393 g/mol. The fourth-order valence-electron chi connectivity index (χ4n) is 2.61. The van der Waals surface area contributed by atoms with Gasteiger partial charge < -0.3 is 19.4 Å². The first-order chi connectivity index (χ1) is 13.0. The number of nitrogens with zero attached hydrogens (tertiary/aromatic N) is 2. The number of alkyl halides is 2. The lowest BCUT2D eigenvalue weighted by Gasteiger charge is -2.13. The highest BCUT2D eigenvalue weighted by atomic mass is 32.2. The van der Waals surface area contributed by atoms with E-state index in [-0.39, 0.29) is 11.7 Å². The maximum absolute atomic E-state index is 12.9. The van der Waals surface area contributed by atoms with E-state index >= 15 is 0 Å². The summed E-state index contributed by atoms with van der Waals surface area (Å²) in [6, 6.07) is 11.9. The Balaban J connectivity index is 1.86. The number of ether oxygens (including phenoxy) is 2. The summed E-state index contributed by atoms with van der Waals surface area (Å²) in [7, 11) is 3.00. The second-order valence-electron chi connectivity index (χ2n) is 5.46. The summed E-state index contributed by atoms with van der Waals surface area (Å²) >= 11 is 0.309. The number of para-hydroxylation sites is 2. The number of anilines is 1. The molecule has 6 nitrogen and oxygen atoms in total. The van der Waals surface area contributed by atoms with E-state index in [2.05, 4.69) is 10.3 Å². The second-order valence-corrected chi connectivity index (χ2v) is 6.42. The monoisotopic (exact) mass is 393 g/mol. The van der Waals surface area contributed by atoms with Gasteiger partial charge in [0.15, 0.2) is 5.16 Å². The van der Waals surface area contributed by atoms with Crippen LogP contribution in [-0.4, -0.2) is 35.4 Å². The lowest BCUT2D eigenvalue weighted by Crippen LogP contribution is -2.19. The molecule has 1 N–H and O–H groups in total. The zero-order chi connectivity index (χ0) is 19.4. The van der Waals surface area contributed by atoms with Crippen LogP contribution in [0, 0.1) is 0 Å². The number of hydrogen-bond acceptors (Lipinski definition) is 5. The third-order valence-electron chi connectivity index (χ3n) is 3.80. The first kappa shape index (κ1) is 19.0. The smallest absolute Gasteiger partial charge is 0.291 e. The Kier molecular flexibility index (Phi) is 5.80. The number of fused-ring (bicyclic) bond motifs is 1. The van der Waals surface area contributed by atoms with Gasteiger partial charge in [-0.3, -0.25) is 4.79 Å². The van der Waals surface area contributed by atoms with E-state index in [9.17, 15) is 13.6 Å². The molecule has 0 unspecified atom stereocenters. The predicted octanol–water partition coefficient (Wildman–Crippen LogP) is 4.01. The van der Waals surface area contributed by atoms with Gasteiger partial charge in [-0.25, -0.2) is 4.98 Å². The van der Waals surface area contributed by atoms with Crippen LogP contribution in [0.5, 0.6) is 11.5 Å². The molecule has 0 fully saturated rings. The molecule has 0 saturated heterocycles. The third-order valence-corrected chi connectivity index (χ3v) is 4.50. The van der Waals surface area contributed by atoms with Crippen molar-refractivity contribution in [2.24, 2.45) is 0 Å². The Hall–Kier alpha value is -2.81. The maximum Gasteiger partial charge on any atom is 0.291 e. The number of nitrogens with one attached hydrogen (secondary N) is 1. The molecule has 0 atom stereocenters. The molecule has 0 aliphatic heterocycles.